The van der Waals surface area contributed by atoms with E-state index in [0.717, 1.165) is 32.1 Å². The molecule has 0 aliphatic heterocycles. The summed E-state index contributed by atoms with van der Waals surface area (Å²) < 4.78 is 14.1. The van der Waals surface area contributed by atoms with Gasteiger partial charge in [-0.3, -0.25) is 9.59 Å². The number of nitrogens with one attached hydrogen (secondary N) is 3. The van der Waals surface area contributed by atoms with Crippen LogP contribution in [0, 0.1) is 0 Å². The summed E-state index contributed by atoms with van der Waals surface area (Å²) in [6.45, 7) is 0. The minimum atomic E-state index is -0.229. The highest BCUT2D eigenvalue weighted by Crippen LogP contribution is 2.33. The molecule has 3 aromatic heterocycles. The average Bonchev–Trinajstić information content (AvgIpc) is 3.47. The van der Waals surface area contributed by atoms with Crippen molar-refractivity contribution in [1.82, 2.24) is 24.5 Å². The highest BCUT2D eigenvalue weighted by Gasteiger charge is 2.31. The number of carbonyl (C=O) groups excluding carboxylic acids is 1. The average molecular weight is 482 g/mol. The fourth-order valence-corrected chi connectivity index (χ4v) is 4.90. The molecule has 2 aliphatic carbocycles. The van der Waals surface area contributed by atoms with Crippen molar-refractivity contribution in [3.05, 3.63) is 46.5 Å². The normalized spacial score (nSPS) is 23.7. The molecular formula is C24H31N7O4. The summed E-state index contributed by atoms with van der Waals surface area (Å²) in [6.07, 6.45) is 7.90. The second-order valence-electron chi connectivity index (χ2n) is 9.15. The Morgan fingerprint density at radius 1 is 1.14 bits per heavy atom. The molecule has 2 fully saturated rings. The largest absolute Gasteiger partial charge is 0.381 e. The van der Waals surface area contributed by atoms with E-state index in [1.807, 2.05) is 6.07 Å². The lowest BCUT2D eigenvalue weighted by Gasteiger charge is -2.35. The number of pyridine rings is 1. The molecule has 0 spiro atoms. The van der Waals surface area contributed by atoms with Crippen molar-refractivity contribution in [2.75, 3.05) is 31.9 Å². The molecule has 1 amide bonds. The van der Waals surface area contributed by atoms with Crippen LogP contribution in [0.5, 0.6) is 0 Å². The quantitative estimate of drug-likeness (QED) is 0.448. The van der Waals surface area contributed by atoms with Gasteiger partial charge in [-0.2, -0.15) is 9.61 Å². The van der Waals surface area contributed by atoms with Crippen molar-refractivity contribution in [1.29, 1.82) is 0 Å². The molecule has 11 nitrogen and oxygen atoms in total. The van der Waals surface area contributed by atoms with Crippen LogP contribution in [0.25, 0.3) is 5.65 Å². The van der Waals surface area contributed by atoms with Crippen LogP contribution in [0.15, 0.2) is 35.4 Å². The van der Waals surface area contributed by atoms with Crippen LogP contribution in [0.2, 0.25) is 0 Å². The monoisotopic (exact) mass is 481 g/mol. The van der Waals surface area contributed by atoms with E-state index in [1.54, 1.807) is 48.7 Å². The van der Waals surface area contributed by atoms with Gasteiger partial charge >= 0.3 is 0 Å². The summed E-state index contributed by atoms with van der Waals surface area (Å²) in [5, 5.41) is 13.7. The molecule has 2 aliphatic rings. The molecule has 0 saturated heterocycles. The lowest BCUT2D eigenvalue weighted by Crippen LogP contribution is -2.37. The van der Waals surface area contributed by atoms with Crippen LogP contribution >= 0.6 is 0 Å². The highest BCUT2D eigenvalue weighted by atomic mass is 16.5. The summed E-state index contributed by atoms with van der Waals surface area (Å²) in [6, 6.07) is 5.50. The molecule has 2 saturated carbocycles. The van der Waals surface area contributed by atoms with Gasteiger partial charge in [0.1, 0.15) is 22.9 Å². The zero-order valence-electron chi connectivity index (χ0n) is 20.2. The molecule has 35 heavy (non-hydrogen) atoms. The van der Waals surface area contributed by atoms with E-state index < -0.39 is 0 Å². The first-order chi connectivity index (χ1) is 17.0. The van der Waals surface area contributed by atoms with E-state index in [1.165, 1.54) is 6.20 Å². The van der Waals surface area contributed by atoms with Gasteiger partial charge in [-0.1, -0.05) is 0 Å². The summed E-state index contributed by atoms with van der Waals surface area (Å²) in [4.78, 5) is 30.8. The molecule has 3 aromatic rings. The molecule has 0 bridgehead atoms. The van der Waals surface area contributed by atoms with Crippen LogP contribution in [0.4, 0.5) is 17.3 Å². The van der Waals surface area contributed by atoms with Crippen LogP contribution in [-0.4, -0.2) is 64.6 Å². The molecule has 11 heteroatoms. The number of methoxy groups -OCH3 is 2. The third kappa shape index (κ3) is 4.48. The Labute approximate surface area is 202 Å². The minimum Gasteiger partial charge on any atom is -0.381 e. The number of nitrogens with zero attached hydrogens (tertiary/aromatic N) is 4. The van der Waals surface area contributed by atoms with Gasteiger partial charge in [-0.15, -0.1) is 0 Å². The fraction of sp³-hybridized carbons (Fsp3) is 0.500. The molecule has 0 unspecified atom stereocenters. The molecule has 0 aromatic carbocycles. The number of carbonyl (C=O) groups is 1. The van der Waals surface area contributed by atoms with Crippen molar-refractivity contribution < 1.29 is 14.3 Å². The first-order valence-corrected chi connectivity index (χ1v) is 11.9. The standard InChI is InChI=1S/C24H31N7O4/c1-25-21-12-20(28-19-5-4-8-30(24(19)33)15-10-17(11-15)35-3)29-22-18(13-26-31(21)22)23(32)27-14-6-7-16(9-14)34-2/h4-5,8,12-17,25H,6-7,9-11H2,1-3H3,(H,27,32)(H,28,29)/t14-,15-,16-,17+/m1/s1. The van der Waals surface area contributed by atoms with Crippen molar-refractivity contribution >= 4 is 28.9 Å². The molecule has 3 heterocycles. The lowest BCUT2D eigenvalue weighted by atomic mass is 9.89. The molecule has 186 valence electrons. The van der Waals surface area contributed by atoms with E-state index in [0.29, 0.717) is 28.5 Å². The molecule has 3 N–H and O–H groups in total. The van der Waals surface area contributed by atoms with Gasteiger partial charge in [-0.25, -0.2) is 4.98 Å². The summed E-state index contributed by atoms with van der Waals surface area (Å²) in [5.41, 5.74) is 1.06. The van der Waals surface area contributed by atoms with Crippen molar-refractivity contribution in [3.8, 4) is 0 Å². The number of rotatable bonds is 8. The smallest absolute Gasteiger partial charge is 0.274 e. The van der Waals surface area contributed by atoms with E-state index in [4.69, 9.17) is 9.47 Å². The summed E-state index contributed by atoms with van der Waals surface area (Å²) in [5.74, 6) is 0.846. The van der Waals surface area contributed by atoms with Crippen LogP contribution in [0.1, 0.15) is 48.5 Å². The second kappa shape index (κ2) is 9.67. The van der Waals surface area contributed by atoms with E-state index in [2.05, 4.69) is 26.0 Å². The molecule has 2 atom stereocenters. The van der Waals surface area contributed by atoms with Gasteiger partial charge in [0.05, 0.1) is 18.4 Å². The summed E-state index contributed by atoms with van der Waals surface area (Å²) >= 11 is 0. The van der Waals surface area contributed by atoms with Gasteiger partial charge in [0.25, 0.3) is 11.5 Å². The van der Waals surface area contributed by atoms with E-state index in [9.17, 15) is 9.59 Å². The Balaban J connectivity index is 1.41. The van der Waals surface area contributed by atoms with Crippen LogP contribution in [-0.2, 0) is 9.47 Å². The maximum Gasteiger partial charge on any atom is 0.274 e. The first-order valence-electron chi connectivity index (χ1n) is 11.9. The number of hydrogen-bond donors (Lipinski definition) is 3. The highest BCUT2D eigenvalue weighted by molar-refractivity contribution is 6.00. The van der Waals surface area contributed by atoms with Crippen molar-refractivity contribution in [3.63, 3.8) is 0 Å². The number of ether oxygens (including phenoxy) is 2. The number of fused-ring (bicyclic) bond motifs is 1. The third-order valence-electron chi connectivity index (χ3n) is 7.06. The van der Waals surface area contributed by atoms with Gasteiger partial charge in [0.2, 0.25) is 0 Å². The van der Waals surface area contributed by atoms with Gasteiger partial charge < -0.3 is 30.0 Å². The lowest BCUT2D eigenvalue weighted by molar-refractivity contribution is 0.00522. The van der Waals surface area contributed by atoms with Gasteiger partial charge in [-0.05, 0) is 44.2 Å². The first kappa shape index (κ1) is 23.3. The predicted molar refractivity (Wildman–Crippen MR) is 131 cm³/mol. The maximum atomic E-state index is 13.1. The van der Waals surface area contributed by atoms with E-state index in [-0.39, 0.29) is 35.8 Å². The summed E-state index contributed by atoms with van der Waals surface area (Å²) in [7, 11) is 5.15. The predicted octanol–water partition coefficient (Wildman–Crippen LogP) is 2.32. The molecular weight excluding hydrogens is 450 g/mol. The maximum absolute atomic E-state index is 13.1. The van der Waals surface area contributed by atoms with Crippen molar-refractivity contribution in [2.24, 2.45) is 0 Å². The molecule has 0 radical (unpaired) electrons. The Morgan fingerprint density at radius 2 is 1.94 bits per heavy atom. The molecule has 5 rings (SSSR count). The number of anilines is 3. The zero-order chi connectivity index (χ0) is 24.5. The Kier molecular flexibility index (Phi) is 6.44. The van der Waals surface area contributed by atoms with Gasteiger partial charge in [0.15, 0.2) is 5.65 Å². The van der Waals surface area contributed by atoms with Crippen LogP contribution in [0.3, 0.4) is 0 Å². The Hall–Kier alpha value is -3.44. The SMILES string of the molecule is CNc1cc(Nc2cccn([C@H]3C[C@@H](OC)C3)c2=O)nc2c(C(=O)N[C@@H]3CC[C@@H](OC)C3)cnn12. The van der Waals surface area contributed by atoms with Gasteiger partial charge in [0, 0.05) is 45.6 Å². The number of aromatic nitrogens is 4. The van der Waals surface area contributed by atoms with Crippen LogP contribution < -0.4 is 21.5 Å². The third-order valence-corrected chi connectivity index (χ3v) is 7.06. The minimum absolute atomic E-state index is 0.0551. The Bertz CT molecular complexity index is 1280. The fourth-order valence-electron chi connectivity index (χ4n) is 4.90. The zero-order valence-corrected chi connectivity index (χ0v) is 20.2. The number of amides is 1. The number of hydrogen-bond acceptors (Lipinski definition) is 8. The van der Waals surface area contributed by atoms with Crippen molar-refractivity contribution in [2.45, 2.75) is 56.4 Å². The second-order valence-corrected chi connectivity index (χ2v) is 9.15. The topological polar surface area (TPSA) is 124 Å². The van der Waals surface area contributed by atoms with E-state index >= 15 is 0 Å². The Morgan fingerprint density at radius 3 is 2.66 bits per heavy atom.